The zero-order valence-electron chi connectivity index (χ0n) is 9.05. The summed E-state index contributed by atoms with van der Waals surface area (Å²) in [4.78, 5) is 0. The van der Waals surface area contributed by atoms with Crippen LogP contribution in [0.2, 0.25) is 0 Å². The lowest BCUT2D eigenvalue weighted by atomic mass is 9.98. The van der Waals surface area contributed by atoms with E-state index in [1.807, 2.05) is 0 Å². The molecule has 2 aliphatic rings. The molecule has 0 heterocycles. The fraction of sp³-hybridized carbons (Fsp3) is 0.692. The van der Waals surface area contributed by atoms with Gasteiger partial charge in [0.1, 0.15) is 0 Å². The summed E-state index contributed by atoms with van der Waals surface area (Å²) in [7, 11) is 0. The third kappa shape index (κ3) is 4.92. The highest BCUT2D eigenvalue weighted by Gasteiger charge is 1.98. The molecule has 0 amide bonds. The Labute approximate surface area is 82.7 Å². The van der Waals surface area contributed by atoms with E-state index in [1.165, 1.54) is 38.5 Å². The van der Waals surface area contributed by atoms with Crippen LogP contribution in [0.5, 0.6) is 0 Å². The smallest absolute Gasteiger partial charge is 0.0262 e. The Kier molecular flexibility index (Phi) is 4.88. The van der Waals surface area contributed by atoms with E-state index in [4.69, 9.17) is 0 Å². The topological polar surface area (TPSA) is 0 Å². The van der Waals surface area contributed by atoms with Gasteiger partial charge >= 0.3 is 0 Å². The second-order valence-corrected chi connectivity index (χ2v) is 4.28. The monoisotopic (exact) mass is 178 g/mol. The first kappa shape index (κ1) is 10.6. The second kappa shape index (κ2) is 6.01. The predicted molar refractivity (Wildman–Crippen MR) is 59.8 cm³/mol. The summed E-state index contributed by atoms with van der Waals surface area (Å²) in [5.41, 5.74) is 1.58. The number of rotatable bonds is 0. The molecular weight excluding hydrogens is 156 g/mol. The van der Waals surface area contributed by atoms with E-state index in [1.54, 1.807) is 5.57 Å². The summed E-state index contributed by atoms with van der Waals surface area (Å²) < 4.78 is 0. The predicted octanol–water partition coefficient (Wildman–Crippen LogP) is 4.48. The highest BCUT2D eigenvalue weighted by Crippen LogP contribution is 2.15. The molecule has 0 aliphatic heterocycles. The fourth-order valence-electron chi connectivity index (χ4n) is 1.81. The first-order chi connectivity index (χ1) is 6.29. The number of hydrogen-bond acceptors (Lipinski definition) is 0. The molecule has 0 saturated carbocycles. The standard InChI is InChI=1S/C7H12.C6H10/c1-7-5-3-2-4-6-7;1-6-4-2-3-5-6/h3,5,7H,2,4,6H2,1H3;4H,2-3,5H2,1H3. The molecule has 0 N–H and O–H groups in total. The van der Waals surface area contributed by atoms with Crippen molar-refractivity contribution >= 4 is 0 Å². The van der Waals surface area contributed by atoms with Gasteiger partial charge in [-0.1, -0.05) is 30.7 Å². The lowest BCUT2D eigenvalue weighted by molar-refractivity contribution is 0.584. The van der Waals surface area contributed by atoms with E-state index >= 15 is 0 Å². The lowest BCUT2D eigenvalue weighted by Crippen LogP contribution is -1.92. The molecule has 0 nitrogen and oxygen atoms in total. The van der Waals surface area contributed by atoms with Crippen molar-refractivity contribution in [3.05, 3.63) is 23.8 Å². The maximum atomic E-state index is 2.32. The van der Waals surface area contributed by atoms with Gasteiger partial charge in [-0.2, -0.15) is 0 Å². The van der Waals surface area contributed by atoms with Crippen LogP contribution in [-0.4, -0.2) is 0 Å². The average molecular weight is 178 g/mol. The molecule has 0 fully saturated rings. The van der Waals surface area contributed by atoms with Gasteiger partial charge in [0.15, 0.2) is 0 Å². The third-order valence-corrected chi connectivity index (χ3v) is 2.76. The van der Waals surface area contributed by atoms with Crippen molar-refractivity contribution in [3.8, 4) is 0 Å². The van der Waals surface area contributed by atoms with E-state index < -0.39 is 0 Å². The third-order valence-electron chi connectivity index (χ3n) is 2.76. The van der Waals surface area contributed by atoms with Crippen LogP contribution in [0.4, 0.5) is 0 Å². The molecule has 2 rings (SSSR count). The van der Waals surface area contributed by atoms with E-state index in [2.05, 4.69) is 32.1 Å². The van der Waals surface area contributed by atoms with Crippen LogP contribution in [0.1, 0.15) is 52.4 Å². The Morgan fingerprint density at radius 1 is 1.23 bits per heavy atom. The highest BCUT2D eigenvalue weighted by molar-refractivity contribution is 5.02. The van der Waals surface area contributed by atoms with Crippen molar-refractivity contribution in [1.82, 2.24) is 0 Å². The van der Waals surface area contributed by atoms with Crippen LogP contribution in [0, 0.1) is 5.92 Å². The van der Waals surface area contributed by atoms with Gasteiger partial charge < -0.3 is 0 Å². The van der Waals surface area contributed by atoms with Crippen LogP contribution in [0.25, 0.3) is 0 Å². The van der Waals surface area contributed by atoms with Crippen molar-refractivity contribution in [2.45, 2.75) is 52.4 Å². The molecule has 1 unspecified atom stereocenters. The van der Waals surface area contributed by atoms with Crippen molar-refractivity contribution < 1.29 is 0 Å². The molecule has 0 aromatic rings. The van der Waals surface area contributed by atoms with Crippen molar-refractivity contribution in [2.75, 3.05) is 0 Å². The van der Waals surface area contributed by atoms with Crippen LogP contribution in [-0.2, 0) is 0 Å². The fourth-order valence-corrected chi connectivity index (χ4v) is 1.81. The Morgan fingerprint density at radius 2 is 2.08 bits per heavy atom. The van der Waals surface area contributed by atoms with E-state index in [9.17, 15) is 0 Å². The molecule has 0 saturated heterocycles. The molecular formula is C13H22. The molecule has 0 aromatic carbocycles. The molecule has 74 valence electrons. The van der Waals surface area contributed by atoms with E-state index in [-0.39, 0.29) is 0 Å². The van der Waals surface area contributed by atoms with Crippen LogP contribution < -0.4 is 0 Å². The first-order valence-corrected chi connectivity index (χ1v) is 5.61. The molecule has 1 atom stereocenters. The Bertz CT molecular complexity index is 186. The van der Waals surface area contributed by atoms with Gasteiger partial charge in [0.05, 0.1) is 0 Å². The van der Waals surface area contributed by atoms with Gasteiger partial charge in [0.25, 0.3) is 0 Å². The van der Waals surface area contributed by atoms with E-state index in [0.717, 1.165) is 5.92 Å². The summed E-state index contributed by atoms with van der Waals surface area (Å²) in [5.74, 6) is 0.855. The second-order valence-electron chi connectivity index (χ2n) is 4.28. The van der Waals surface area contributed by atoms with Gasteiger partial charge in [-0.15, -0.1) is 0 Å². The minimum atomic E-state index is 0.855. The highest BCUT2D eigenvalue weighted by atomic mass is 14.0. The van der Waals surface area contributed by atoms with Crippen LogP contribution in [0.3, 0.4) is 0 Å². The van der Waals surface area contributed by atoms with Crippen molar-refractivity contribution in [3.63, 3.8) is 0 Å². The number of hydrogen-bond donors (Lipinski definition) is 0. The normalized spacial score (nSPS) is 26.3. The summed E-state index contributed by atoms with van der Waals surface area (Å²) in [6.45, 7) is 4.47. The zero-order valence-corrected chi connectivity index (χ0v) is 9.05. The summed E-state index contributed by atoms with van der Waals surface area (Å²) in [5, 5.41) is 0. The lowest BCUT2D eigenvalue weighted by Gasteiger charge is -2.08. The van der Waals surface area contributed by atoms with Crippen molar-refractivity contribution in [1.29, 1.82) is 0 Å². The van der Waals surface area contributed by atoms with Crippen molar-refractivity contribution in [2.24, 2.45) is 5.92 Å². The molecule has 13 heavy (non-hydrogen) atoms. The molecule has 0 spiro atoms. The molecule has 0 heteroatoms. The zero-order chi connectivity index (χ0) is 9.52. The molecule has 0 aromatic heterocycles. The Hall–Kier alpha value is -0.520. The SMILES string of the molecule is CC1=CCCC1.CC1C=CCCC1. The van der Waals surface area contributed by atoms with Gasteiger partial charge in [-0.3, -0.25) is 0 Å². The summed E-state index contributed by atoms with van der Waals surface area (Å²) in [6, 6.07) is 0. The summed E-state index contributed by atoms with van der Waals surface area (Å²) in [6.07, 6.45) is 15.1. The summed E-state index contributed by atoms with van der Waals surface area (Å²) >= 11 is 0. The average Bonchev–Trinajstić information content (AvgIpc) is 2.58. The Morgan fingerprint density at radius 3 is 2.31 bits per heavy atom. The largest absolute Gasteiger partial charge is 0.0883 e. The van der Waals surface area contributed by atoms with Gasteiger partial charge in [-0.05, 0) is 51.4 Å². The molecule has 2 aliphatic carbocycles. The minimum absolute atomic E-state index is 0.855. The molecule has 0 bridgehead atoms. The minimum Gasteiger partial charge on any atom is -0.0883 e. The Balaban J connectivity index is 0.000000132. The van der Waals surface area contributed by atoms with Crippen LogP contribution >= 0.6 is 0 Å². The van der Waals surface area contributed by atoms with Gasteiger partial charge in [0.2, 0.25) is 0 Å². The van der Waals surface area contributed by atoms with Crippen LogP contribution in [0.15, 0.2) is 23.8 Å². The van der Waals surface area contributed by atoms with Gasteiger partial charge in [-0.25, -0.2) is 0 Å². The maximum absolute atomic E-state index is 2.32. The maximum Gasteiger partial charge on any atom is -0.0262 e. The molecule has 0 radical (unpaired) electrons. The number of allylic oxidation sites excluding steroid dienone is 4. The first-order valence-electron chi connectivity index (χ1n) is 5.61. The van der Waals surface area contributed by atoms with Gasteiger partial charge in [0, 0.05) is 0 Å². The quantitative estimate of drug-likeness (QED) is 0.480. The van der Waals surface area contributed by atoms with E-state index in [0.29, 0.717) is 0 Å².